The van der Waals surface area contributed by atoms with Crippen molar-refractivity contribution in [3.8, 4) is 11.5 Å². The van der Waals surface area contributed by atoms with Gasteiger partial charge in [-0.05, 0) is 49.2 Å². The van der Waals surface area contributed by atoms with E-state index in [4.69, 9.17) is 15.2 Å². The summed E-state index contributed by atoms with van der Waals surface area (Å²) < 4.78 is 10.6. The lowest BCUT2D eigenvalue weighted by Crippen LogP contribution is -2.29. The van der Waals surface area contributed by atoms with Gasteiger partial charge in [-0.25, -0.2) is 4.99 Å². The molecule has 1 aliphatic heterocycles. The molecular formula is C22H31IN4O2. The van der Waals surface area contributed by atoms with Crippen molar-refractivity contribution < 1.29 is 9.47 Å². The van der Waals surface area contributed by atoms with Gasteiger partial charge >= 0.3 is 0 Å². The molecule has 2 aromatic rings. The first-order valence-electron chi connectivity index (χ1n) is 9.77. The first kappa shape index (κ1) is 23.3. The first-order chi connectivity index (χ1) is 13.7. The maximum absolute atomic E-state index is 6.11. The van der Waals surface area contributed by atoms with Crippen LogP contribution in [0.4, 0.5) is 5.69 Å². The summed E-state index contributed by atoms with van der Waals surface area (Å²) in [6, 6.07) is 14.0. The van der Waals surface area contributed by atoms with E-state index in [9.17, 15) is 0 Å². The smallest absolute Gasteiger partial charge is 0.193 e. The Bertz CT molecular complexity index is 807. The summed E-state index contributed by atoms with van der Waals surface area (Å²) in [6.07, 6.45) is 3.94. The van der Waals surface area contributed by atoms with Gasteiger partial charge in [0.2, 0.25) is 0 Å². The van der Waals surface area contributed by atoms with Crippen LogP contribution in [0.2, 0.25) is 0 Å². The Morgan fingerprint density at radius 1 is 1.00 bits per heavy atom. The van der Waals surface area contributed by atoms with Gasteiger partial charge in [-0.1, -0.05) is 30.7 Å². The number of anilines is 1. The van der Waals surface area contributed by atoms with Gasteiger partial charge in [0, 0.05) is 18.3 Å². The number of likely N-dealkylation sites (tertiary alicyclic amines) is 1. The van der Waals surface area contributed by atoms with Gasteiger partial charge in [0.05, 0.1) is 20.8 Å². The van der Waals surface area contributed by atoms with Crippen LogP contribution >= 0.6 is 24.0 Å². The van der Waals surface area contributed by atoms with Gasteiger partial charge in [-0.15, -0.1) is 24.0 Å². The largest absolute Gasteiger partial charge is 0.493 e. The van der Waals surface area contributed by atoms with E-state index in [1.54, 1.807) is 14.2 Å². The Kier molecular flexibility index (Phi) is 9.53. The van der Waals surface area contributed by atoms with E-state index in [0.717, 1.165) is 12.2 Å². The Morgan fingerprint density at radius 2 is 1.69 bits per heavy atom. The standard InChI is InChI=1S/C22H30N4O2.HI/c1-27-20-11-10-19(14-21(20)28-2)25-22(23)24-15-17-8-4-5-9-18(17)16-26-12-6-3-7-13-26;/h4-5,8-11,14H,3,6-7,12-13,15-16H2,1-2H3,(H3,23,24,25);1H. The molecule has 0 unspecified atom stereocenters. The molecule has 6 nitrogen and oxygen atoms in total. The minimum absolute atomic E-state index is 0. The maximum Gasteiger partial charge on any atom is 0.193 e. The zero-order valence-electron chi connectivity index (χ0n) is 17.2. The van der Waals surface area contributed by atoms with Crippen LogP contribution in [0.1, 0.15) is 30.4 Å². The minimum Gasteiger partial charge on any atom is -0.493 e. The molecule has 158 valence electrons. The van der Waals surface area contributed by atoms with Crippen LogP contribution in [0.15, 0.2) is 47.5 Å². The van der Waals surface area contributed by atoms with Crippen molar-refractivity contribution in [2.75, 3.05) is 32.6 Å². The van der Waals surface area contributed by atoms with Gasteiger partial charge in [0.25, 0.3) is 0 Å². The predicted octanol–water partition coefficient (Wildman–Crippen LogP) is 4.23. The highest BCUT2D eigenvalue weighted by Crippen LogP contribution is 2.29. The second-order valence-corrected chi connectivity index (χ2v) is 7.00. The fourth-order valence-corrected chi connectivity index (χ4v) is 3.50. The fraction of sp³-hybridized carbons (Fsp3) is 0.409. The van der Waals surface area contributed by atoms with Gasteiger partial charge in [-0.3, -0.25) is 4.90 Å². The maximum atomic E-state index is 6.11. The highest BCUT2D eigenvalue weighted by molar-refractivity contribution is 14.0. The molecule has 0 amide bonds. The number of guanidine groups is 1. The van der Waals surface area contributed by atoms with Crippen LogP contribution in [0.3, 0.4) is 0 Å². The summed E-state index contributed by atoms with van der Waals surface area (Å²) in [5.74, 6) is 1.70. The van der Waals surface area contributed by atoms with E-state index < -0.39 is 0 Å². The lowest BCUT2D eigenvalue weighted by atomic mass is 10.1. The summed E-state index contributed by atoms with van der Waals surface area (Å²) in [5.41, 5.74) is 9.45. The SMILES string of the molecule is COc1ccc(NC(N)=NCc2ccccc2CN2CCCCC2)cc1OC.I. The van der Waals surface area contributed by atoms with Crippen LogP contribution in [0.5, 0.6) is 11.5 Å². The van der Waals surface area contributed by atoms with Gasteiger partial charge in [0.1, 0.15) is 0 Å². The van der Waals surface area contributed by atoms with Crippen molar-refractivity contribution in [2.45, 2.75) is 32.4 Å². The Morgan fingerprint density at radius 3 is 2.38 bits per heavy atom. The number of hydrogen-bond acceptors (Lipinski definition) is 4. The lowest BCUT2D eigenvalue weighted by molar-refractivity contribution is 0.220. The number of aliphatic imine (C=N–C) groups is 1. The second-order valence-electron chi connectivity index (χ2n) is 7.00. The molecule has 0 aliphatic carbocycles. The van der Waals surface area contributed by atoms with Crippen LogP contribution in [-0.2, 0) is 13.1 Å². The van der Waals surface area contributed by atoms with E-state index in [1.807, 2.05) is 18.2 Å². The Hall–Kier alpha value is -2.00. The van der Waals surface area contributed by atoms with Crippen LogP contribution in [0.25, 0.3) is 0 Å². The monoisotopic (exact) mass is 510 g/mol. The van der Waals surface area contributed by atoms with E-state index in [-0.39, 0.29) is 24.0 Å². The third kappa shape index (κ3) is 6.78. The van der Waals surface area contributed by atoms with Crippen molar-refractivity contribution in [1.29, 1.82) is 0 Å². The van der Waals surface area contributed by atoms with E-state index in [0.29, 0.717) is 24.0 Å². The third-order valence-electron chi connectivity index (χ3n) is 5.04. The lowest BCUT2D eigenvalue weighted by Gasteiger charge is -2.27. The van der Waals surface area contributed by atoms with Crippen molar-refractivity contribution in [1.82, 2.24) is 4.90 Å². The number of nitrogens with one attached hydrogen (secondary N) is 1. The molecule has 0 saturated carbocycles. The Balaban J connectivity index is 0.00000300. The van der Waals surface area contributed by atoms with Crippen molar-refractivity contribution in [3.63, 3.8) is 0 Å². The van der Waals surface area contributed by atoms with Gasteiger partial charge < -0.3 is 20.5 Å². The van der Waals surface area contributed by atoms with Crippen molar-refractivity contribution in [3.05, 3.63) is 53.6 Å². The molecule has 0 bridgehead atoms. The van der Waals surface area contributed by atoms with Gasteiger partial charge in [-0.2, -0.15) is 0 Å². The number of hydrogen-bond donors (Lipinski definition) is 2. The molecule has 1 heterocycles. The van der Waals surface area contributed by atoms with Gasteiger partial charge in [0.15, 0.2) is 17.5 Å². The third-order valence-corrected chi connectivity index (χ3v) is 5.04. The molecule has 0 radical (unpaired) electrons. The molecule has 3 rings (SSSR count). The Labute approximate surface area is 190 Å². The summed E-state index contributed by atoms with van der Waals surface area (Å²) in [4.78, 5) is 7.06. The number of nitrogens with zero attached hydrogens (tertiary/aromatic N) is 2. The van der Waals surface area contributed by atoms with E-state index in [2.05, 4.69) is 39.5 Å². The van der Waals surface area contributed by atoms with Crippen molar-refractivity contribution in [2.24, 2.45) is 10.7 Å². The molecular weight excluding hydrogens is 479 g/mol. The average Bonchev–Trinajstić information content (AvgIpc) is 2.73. The summed E-state index contributed by atoms with van der Waals surface area (Å²) in [5, 5.41) is 3.12. The molecule has 29 heavy (non-hydrogen) atoms. The number of nitrogens with two attached hydrogens (primary N) is 1. The molecule has 3 N–H and O–H groups in total. The van der Waals surface area contributed by atoms with E-state index >= 15 is 0 Å². The molecule has 7 heteroatoms. The number of piperidine rings is 1. The zero-order chi connectivity index (χ0) is 19.8. The van der Waals surface area contributed by atoms with E-state index in [1.165, 1.54) is 43.5 Å². The summed E-state index contributed by atoms with van der Waals surface area (Å²) in [7, 11) is 3.22. The quantitative estimate of drug-likeness (QED) is 0.332. The number of rotatable bonds is 7. The topological polar surface area (TPSA) is 72.1 Å². The molecule has 1 fully saturated rings. The zero-order valence-corrected chi connectivity index (χ0v) is 19.5. The highest BCUT2D eigenvalue weighted by atomic mass is 127. The predicted molar refractivity (Wildman–Crippen MR) is 129 cm³/mol. The molecule has 2 aromatic carbocycles. The fourth-order valence-electron chi connectivity index (χ4n) is 3.50. The normalized spacial score (nSPS) is 14.8. The number of benzene rings is 2. The van der Waals surface area contributed by atoms with Crippen LogP contribution in [0, 0.1) is 0 Å². The van der Waals surface area contributed by atoms with Crippen LogP contribution in [-0.4, -0.2) is 38.2 Å². The first-order valence-corrected chi connectivity index (χ1v) is 9.77. The molecule has 0 spiro atoms. The highest BCUT2D eigenvalue weighted by Gasteiger charge is 2.12. The molecule has 1 aliphatic rings. The van der Waals surface area contributed by atoms with Crippen LogP contribution < -0.4 is 20.5 Å². The summed E-state index contributed by atoms with van der Waals surface area (Å²) >= 11 is 0. The van der Waals surface area contributed by atoms with Crippen molar-refractivity contribution >= 4 is 35.6 Å². The average molecular weight is 510 g/mol. The number of halogens is 1. The number of ether oxygens (including phenoxy) is 2. The molecule has 1 saturated heterocycles. The second kappa shape index (κ2) is 11.9. The minimum atomic E-state index is 0. The molecule has 0 aromatic heterocycles. The summed E-state index contributed by atoms with van der Waals surface area (Å²) in [6.45, 7) is 3.89. The molecule has 0 atom stereocenters. The number of methoxy groups -OCH3 is 2.